The minimum Gasteiger partial charge on any atom is -0.464 e. The highest BCUT2D eigenvalue weighted by Gasteiger charge is 2.22. The fourth-order valence-corrected chi connectivity index (χ4v) is 3.84. The Morgan fingerprint density at radius 3 is 2.31 bits per heavy atom. The number of aromatic nitrogens is 3. The van der Waals surface area contributed by atoms with E-state index >= 15 is 0 Å². The van der Waals surface area contributed by atoms with Gasteiger partial charge in [0.1, 0.15) is 0 Å². The fourth-order valence-electron chi connectivity index (χ4n) is 2.87. The molecule has 32 heavy (non-hydrogen) atoms. The lowest BCUT2D eigenvalue weighted by atomic mass is 10.2. The average molecular weight is 464 g/mol. The maximum Gasteiger partial charge on any atom is 0.365 e. The molecule has 1 aromatic heterocycles. The van der Waals surface area contributed by atoms with Crippen molar-refractivity contribution in [2.45, 2.75) is 5.16 Å². The summed E-state index contributed by atoms with van der Waals surface area (Å²) in [6.45, 7) is 0. The lowest BCUT2D eigenvalue weighted by molar-refractivity contribution is -0.132. The second kappa shape index (κ2) is 10.1. The molecule has 4 aromatic rings. The van der Waals surface area contributed by atoms with Crippen molar-refractivity contribution in [3.05, 3.63) is 90.0 Å². The Balaban J connectivity index is 1.74. The monoisotopic (exact) mass is 463 g/mol. The summed E-state index contributed by atoms with van der Waals surface area (Å²) >= 11 is 7.22. The first kappa shape index (κ1) is 21.6. The molecule has 0 bridgehead atoms. The van der Waals surface area contributed by atoms with Crippen molar-refractivity contribution >= 4 is 40.1 Å². The van der Waals surface area contributed by atoms with Crippen molar-refractivity contribution in [2.75, 3.05) is 12.5 Å². The number of para-hydroxylation sites is 2. The first-order valence-corrected chi connectivity index (χ1v) is 10.8. The van der Waals surface area contributed by atoms with Crippen LogP contribution in [0.1, 0.15) is 0 Å². The molecule has 0 spiro atoms. The molecule has 3 aromatic carbocycles. The zero-order valence-corrected chi connectivity index (χ0v) is 18.5. The molecule has 9 heteroatoms. The fraction of sp³-hybridized carbons (Fsp3) is 0.0435. The number of rotatable bonds is 5. The van der Waals surface area contributed by atoms with Gasteiger partial charge in [0.05, 0.1) is 17.8 Å². The summed E-state index contributed by atoms with van der Waals surface area (Å²) in [4.78, 5) is 12.4. The summed E-state index contributed by atoms with van der Waals surface area (Å²) in [6.07, 6.45) is 0. The molecule has 1 N–H and O–H groups in total. The van der Waals surface area contributed by atoms with Crippen LogP contribution in [0.3, 0.4) is 0 Å². The van der Waals surface area contributed by atoms with Crippen LogP contribution in [-0.2, 0) is 9.53 Å². The van der Waals surface area contributed by atoms with Gasteiger partial charge in [0.25, 0.3) is 0 Å². The summed E-state index contributed by atoms with van der Waals surface area (Å²) in [7, 11) is 1.30. The van der Waals surface area contributed by atoms with Crippen molar-refractivity contribution in [3.63, 3.8) is 0 Å². The zero-order valence-electron chi connectivity index (χ0n) is 17.0. The normalized spacial score (nSPS) is 11.2. The third-order valence-electron chi connectivity index (χ3n) is 4.38. The first-order valence-electron chi connectivity index (χ1n) is 9.58. The van der Waals surface area contributed by atoms with Gasteiger partial charge in [-0.25, -0.2) is 4.79 Å². The Kier molecular flexibility index (Phi) is 6.84. The van der Waals surface area contributed by atoms with Crippen LogP contribution in [0.15, 0.2) is 95.2 Å². The number of benzene rings is 3. The van der Waals surface area contributed by atoms with E-state index < -0.39 is 5.97 Å². The Bertz CT molecular complexity index is 1250. The molecule has 0 amide bonds. The van der Waals surface area contributed by atoms with Crippen LogP contribution in [0.4, 0.5) is 5.69 Å². The van der Waals surface area contributed by atoms with Crippen molar-refractivity contribution in [1.29, 1.82) is 0 Å². The number of nitrogens with one attached hydrogen (secondary N) is 1. The molecular weight excluding hydrogens is 446 g/mol. The Morgan fingerprint density at radius 2 is 1.62 bits per heavy atom. The molecule has 0 atom stereocenters. The molecule has 0 saturated carbocycles. The summed E-state index contributed by atoms with van der Waals surface area (Å²) < 4.78 is 6.79. The lowest BCUT2D eigenvalue weighted by Crippen LogP contribution is -2.15. The summed E-state index contributed by atoms with van der Waals surface area (Å²) in [5.41, 5.74) is 5.12. The molecule has 0 radical (unpaired) electrons. The van der Waals surface area contributed by atoms with E-state index in [0.717, 1.165) is 23.0 Å². The molecule has 7 nitrogen and oxygen atoms in total. The van der Waals surface area contributed by atoms with Crippen molar-refractivity contribution in [1.82, 2.24) is 14.8 Å². The van der Waals surface area contributed by atoms with Crippen molar-refractivity contribution in [2.24, 2.45) is 5.10 Å². The van der Waals surface area contributed by atoms with Crippen molar-refractivity contribution < 1.29 is 9.53 Å². The lowest BCUT2D eigenvalue weighted by Gasteiger charge is -2.11. The van der Waals surface area contributed by atoms with Gasteiger partial charge in [-0.15, -0.1) is 10.2 Å². The van der Waals surface area contributed by atoms with Crippen LogP contribution in [0.25, 0.3) is 17.1 Å². The molecule has 4 rings (SSSR count). The molecular formula is C23H18ClN5O2S. The van der Waals surface area contributed by atoms with E-state index in [2.05, 4.69) is 20.7 Å². The van der Waals surface area contributed by atoms with Crippen LogP contribution in [0, 0.1) is 0 Å². The second-order valence-corrected chi connectivity index (χ2v) is 7.81. The number of thioether (sulfide) groups is 1. The van der Waals surface area contributed by atoms with E-state index in [9.17, 15) is 4.79 Å². The quantitative estimate of drug-likeness (QED) is 0.142. The first-order chi connectivity index (χ1) is 15.7. The number of methoxy groups -OCH3 is 1. The van der Waals surface area contributed by atoms with Gasteiger partial charge in [-0.2, -0.15) is 5.10 Å². The second-order valence-electron chi connectivity index (χ2n) is 6.45. The van der Waals surface area contributed by atoms with Gasteiger partial charge in [0.2, 0.25) is 10.2 Å². The minimum atomic E-state index is -0.613. The van der Waals surface area contributed by atoms with E-state index in [1.807, 2.05) is 71.3 Å². The number of esters is 1. The SMILES string of the molecule is COC(=O)/C(=N/Nc1ccccc1Cl)Sc1nnc(-c2ccccc2)n1-c1ccccc1. The van der Waals surface area contributed by atoms with Crippen LogP contribution >= 0.6 is 23.4 Å². The standard InChI is InChI=1S/C23H18ClN5O2S/c1-31-22(30)21(27-25-19-15-9-8-14-18(19)24)32-23-28-26-20(16-10-4-2-5-11-16)29(23)17-12-6-3-7-13-17/h2-15,25H,1H3/b27-21-. The number of hydrazone groups is 1. The van der Waals surface area contributed by atoms with Gasteiger partial charge in [-0.05, 0) is 36.0 Å². The molecule has 0 aliphatic carbocycles. The van der Waals surface area contributed by atoms with Crippen LogP contribution in [0.2, 0.25) is 5.02 Å². The molecule has 0 aliphatic heterocycles. The molecule has 0 aliphatic rings. The van der Waals surface area contributed by atoms with Gasteiger partial charge in [0, 0.05) is 11.3 Å². The summed E-state index contributed by atoms with van der Waals surface area (Å²) in [6, 6.07) is 26.5. The molecule has 0 unspecified atom stereocenters. The maximum atomic E-state index is 12.4. The number of hydrogen-bond acceptors (Lipinski definition) is 7. The number of carbonyl (C=O) groups excluding carboxylic acids is 1. The van der Waals surface area contributed by atoms with E-state index in [1.54, 1.807) is 18.2 Å². The van der Waals surface area contributed by atoms with Gasteiger partial charge in [0.15, 0.2) is 5.82 Å². The Hall–Kier alpha value is -3.62. The average Bonchev–Trinajstić information content (AvgIpc) is 3.26. The maximum absolute atomic E-state index is 12.4. The van der Waals surface area contributed by atoms with E-state index in [0.29, 0.717) is 21.7 Å². The number of halogens is 1. The smallest absolute Gasteiger partial charge is 0.365 e. The number of hydrogen-bond donors (Lipinski definition) is 1. The van der Waals surface area contributed by atoms with Gasteiger partial charge in [-0.1, -0.05) is 72.3 Å². The van der Waals surface area contributed by atoms with E-state index in [4.69, 9.17) is 16.3 Å². The summed E-state index contributed by atoms with van der Waals surface area (Å²) in [5.74, 6) is 0.0287. The Labute approximate surface area is 194 Å². The number of ether oxygens (including phenoxy) is 1. The van der Waals surface area contributed by atoms with Crippen molar-refractivity contribution in [3.8, 4) is 17.1 Å². The Morgan fingerprint density at radius 1 is 0.969 bits per heavy atom. The van der Waals surface area contributed by atoms with Gasteiger partial charge in [-0.3, -0.25) is 9.99 Å². The highest BCUT2D eigenvalue weighted by Crippen LogP contribution is 2.29. The van der Waals surface area contributed by atoms with Crippen LogP contribution in [0.5, 0.6) is 0 Å². The molecule has 1 heterocycles. The number of nitrogens with zero attached hydrogens (tertiary/aromatic N) is 4. The molecule has 0 fully saturated rings. The van der Waals surface area contributed by atoms with Gasteiger partial charge >= 0.3 is 5.97 Å². The van der Waals surface area contributed by atoms with E-state index in [1.165, 1.54) is 7.11 Å². The topological polar surface area (TPSA) is 81.4 Å². The highest BCUT2D eigenvalue weighted by molar-refractivity contribution is 8.15. The minimum absolute atomic E-state index is 0.0524. The number of carbonyl (C=O) groups is 1. The highest BCUT2D eigenvalue weighted by atomic mass is 35.5. The predicted molar refractivity (Wildman–Crippen MR) is 127 cm³/mol. The van der Waals surface area contributed by atoms with Crippen LogP contribution < -0.4 is 5.43 Å². The van der Waals surface area contributed by atoms with E-state index in [-0.39, 0.29) is 5.04 Å². The number of anilines is 1. The van der Waals surface area contributed by atoms with Gasteiger partial charge < -0.3 is 4.74 Å². The van der Waals surface area contributed by atoms with Crippen LogP contribution in [-0.4, -0.2) is 32.9 Å². The molecule has 0 saturated heterocycles. The third kappa shape index (κ3) is 4.82. The summed E-state index contributed by atoms with van der Waals surface area (Å²) in [5, 5.41) is 13.9. The zero-order chi connectivity index (χ0) is 22.3. The molecule has 160 valence electrons. The third-order valence-corrected chi connectivity index (χ3v) is 5.61. The predicted octanol–water partition coefficient (Wildman–Crippen LogP) is 5.28. The largest absolute Gasteiger partial charge is 0.464 e.